The molecule has 0 bridgehead atoms. The molecular weight excluding hydrogens is 427 g/mol. The van der Waals surface area contributed by atoms with E-state index >= 15 is 0 Å². The van der Waals surface area contributed by atoms with Gasteiger partial charge in [-0.15, -0.1) is 0 Å². The Labute approximate surface area is 177 Å². The van der Waals surface area contributed by atoms with Crippen LogP contribution in [0, 0.1) is 5.82 Å². The van der Waals surface area contributed by atoms with E-state index in [9.17, 15) is 17.6 Å². The van der Waals surface area contributed by atoms with Crippen molar-refractivity contribution in [1.82, 2.24) is 9.97 Å². The fourth-order valence-electron chi connectivity index (χ4n) is 2.58. The van der Waals surface area contributed by atoms with Gasteiger partial charge in [-0.25, -0.2) is 9.37 Å². The minimum absolute atomic E-state index is 0.0181. The van der Waals surface area contributed by atoms with Crippen LogP contribution >= 0.6 is 0 Å². The number of nitrogens with two attached hydrogens (primary N) is 2. The van der Waals surface area contributed by atoms with E-state index in [4.69, 9.17) is 15.7 Å². The second-order valence-corrected chi connectivity index (χ2v) is 8.04. The average Bonchev–Trinajstić information content (AvgIpc) is 2.67. The summed E-state index contributed by atoms with van der Waals surface area (Å²) in [5.74, 6) is -0.877. The molecule has 3 rings (SSSR count). The molecule has 0 saturated carbocycles. The van der Waals surface area contributed by atoms with E-state index in [-0.39, 0.29) is 41.1 Å². The van der Waals surface area contributed by atoms with Crippen LogP contribution in [0.5, 0.6) is 5.75 Å². The predicted octanol–water partition coefficient (Wildman–Crippen LogP) is 1.99. The number of aromatic nitrogens is 2. The van der Waals surface area contributed by atoms with Crippen molar-refractivity contribution >= 4 is 39.2 Å². The van der Waals surface area contributed by atoms with E-state index in [1.54, 1.807) is 12.1 Å². The van der Waals surface area contributed by atoms with E-state index in [2.05, 4.69) is 20.6 Å². The normalized spacial score (nSPS) is 11.0. The van der Waals surface area contributed by atoms with Crippen molar-refractivity contribution in [2.75, 3.05) is 22.6 Å². The van der Waals surface area contributed by atoms with E-state index in [1.165, 1.54) is 36.5 Å². The summed E-state index contributed by atoms with van der Waals surface area (Å²) in [4.78, 5) is 20.0. The van der Waals surface area contributed by atoms with Crippen molar-refractivity contribution in [3.05, 3.63) is 65.6 Å². The molecule has 0 aliphatic heterocycles. The number of nitrogen functional groups attached to an aromatic ring is 1. The van der Waals surface area contributed by atoms with Crippen LogP contribution in [0.25, 0.3) is 0 Å². The standard InChI is InChI=1S/C19H19FN6O4S/c1-31(28,29)30-16-6-5-13(8-15(16)21)25-19-24-10-14(17(22)27)18(26-19)23-9-11-3-2-4-12(20)7-11/h2-8,10H,9,21H2,1H3,(H2,22,27)(H2,23,24,25,26). The number of hydrogen-bond acceptors (Lipinski definition) is 9. The summed E-state index contributed by atoms with van der Waals surface area (Å²) in [6.45, 7) is 0.193. The average molecular weight is 446 g/mol. The van der Waals surface area contributed by atoms with Gasteiger partial charge in [-0.2, -0.15) is 13.4 Å². The van der Waals surface area contributed by atoms with Crippen LogP contribution in [-0.2, 0) is 16.7 Å². The Kier molecular flexibility index (Phi) is 6.20. The van der Waals surface area contributed by atoms with Crippen LogP contribution in [-0.4, -0.2) is 30.5 Å². The van der Waals surface area contributed by atoms with Crippen molar-refractivity contribution in [2.45, 2.75) is 6.54 Å². The van der Waals surface area contributed by atoms with Crippen molar-refractivity contribution in [1.29, 1.82) is 0 Å². The number of carbonyl (C=O) groups excluding carboxylic acids is 1. The first kappa shape index (κ1) is 21.8. The van der Waals surface area contributed by atoms with Crippen molar-refractivity contribution < 1.29 is 21.8 Å². The lowest BCUT2D eigenvalue weighted by Gasteiger charge is -2.12. The smallest absolute Gasteiger partial charge is 0.306 e. The summed E-state index contributed by atoms with van der Waals surface area (Å²) in [6.07, 6.45) is 2.15. The molecule has 0 spiro atoms. The van der Waals surface area contributed by atoms with Crippen molar-refractivity contribution in [3.63, 3.8) is 0 Å². The first-order chi connectivity index (χ1) is 14.6. The largest absolute Gasteiger partial charge is 0.396 e. The fourth-order valence-corrected chi connectivity index (χ4v) is 3.06. The molecule has 0 aliphatic carbocycles. The number of nitrogens with one attached hydrogen (secondary N) is 2. The highest BCUT2D eigenvalue weighted by Crippen LogP contribution is 2.27. The predicted molar refractivity (Wildman–Crippen MR) is 114 cm³/mol. The molecule has 12 heteroatoms. The van der Waals surface area contributed by atoms with Gasteiger partial charge < -0.3 is 26.3 Å². The maximum absolute atomic E-state index is 13.4. The van der Waals surface area contributed by atoms with E-state index in [0.29, 0.717) is 11.3 Å². The third-order valence-electron chi connectivity index (χ3n) is 3.91. The van der Waals surface area contributed by atoms with Crippen LogP contribution in [0.1, 0.15) is 15.9 Å². The van der Waals surface area contributed by atoms with Gasteiger partial charge in [0.15, 0.2) is 5.75 Å². The van der Waals surface area contributed by atoms with Gasteiger partial charge in [0, 0.05) is 18.4 Å². The number of anilines is 4. The molecular formula is C19H19FN6O4S. The maximum atomic E-state index is 13.4. The Balaban J connectivity index is 1.81. The van der Waals surface area contributed by atoms with Crippen molar-refractivity contribution in [2.24, 2.45) is 5.73 Å². The molecule has 1 aromatic heterocycles. The number of halogens is 1. The second-order valence-electron chi connectivity index (χ2n) is 6.47. The zero-order chi connectivity index (χ0) is 22.6. The summed E-state index contributed by atoms with van der Waals surface area (Å²) in [6, 6.07) is 10.3. The number of nitrogens with zero attached hydrogens (tertiary/aromatic N) is 2. The first-order valence-corrected chi connectivity index (χ1v) is 10.6. The molecule has 0 radical (unpaired) electrons. The van der Waals surface area contributed by atoms with Gasteiger partial charge in [0.1, 0.15) is 11.6 Å². The molecule has 0 unspecified atom stereocenters. The van der Waals surface area contributed by atoms with E-state index in [1.807, 2.05) is 0 Å². The molecule has 0 saturated heterocycles. The van der Waals surface area contributed by atoms with E-state index < -0.39 is 16.0 Å². The van der Waals surface area contributed by atoms with Crippen LogP contribution in [0.4, 0.5) is 27.5 Å². The summed E-state index contributed by atoms with van der Waals surface area (Å²) in [5, 5.41) is 5.83. The molecule has 3 aromatic rings. The second kappa shape index (κ2) is 8.83. The molecule has 6 N–H and O–H groups in total. The Hall–Kier alpha value is -3.93. The minimum atomic E-state index is -3.72. The topological polar surface area (TPSA) is 162 Å². The molecule has 2 aromatic carbocycles. The van der Waals surface area contributed by atoms with Gasteiger partial charge in [-0.3, -0.25) is 4.79 Å². The number of carbonyl (C=O) groups is 1. The SMILES string of the molecule is CS(=O)(=O)Oc1ccc(Nc2ncc(C(N)=O)c(NCc3cccc(F)c3)n2)cc1N. The number of hydrogen-bond donors (Lipinski definition) is 4. The van der Waals surface area contributed by atoms with Crippen LogP contribution in [0.2, 0.25) is 0 Å². The number of amides is 1. The third kappa shape index (κ3) is 6.02. The minimum Gasteiger partial charge on any atom is -0.396 e. The molecule has 1 amide bonds. The Morgan fingerprint density at radius 2 is 2.00 bits per heavy atom. The van der Waals surface area contributed by atoms with Gasteiger partial charge >= 0.3 is 10.1 Å². The molecule has 0 aliphatic rings. The molecule has 0 atom stereocenters. The van der Waals surface area contributed by atoms with Crippen LogP contribution < -0.4 is 26.3 Å². The summed E-state index contributed by atoms with van der Waals surface area (Å²) in [5.41, 5.74) is 12.4. The Morgan fingerprint density at radius 1 is 1.23 bits per heavy atom. The zero-order valence-electron chi connectivity index (χ0n) is 16.3. The summed E-state index contributed by atoms with van der Waals surface area (Å²) < 4.78 is 40.7. The maximum Gasteiger partial charge on any atom is 0.306 e. The van der Waals surface area contributed by atoms with Gasteiger partial charge in [0.2, 0.25) is 5.95 Å². The monoisotopic (exact) mass is 446 g/mol. The summed E-state index contributed by atoms with van der Waals surface area (Å²) in [7, 11) is -3.72. The van der Waals surface area contributed by atoms with Gasteiger partial charge in [0.25, 0.3) is 5.91 Å². The highest BCUT2D eigenvalue weighted by molar-refractivity contribution is 7.86. The molecule has 1 heterocycles. The molecule has 162 valence electrons. The molecule has 0 fully saturated rings. The fraction of sp³-hybridized carbons (Fsp3) is 0.105. The zero-order valence-corrected chi connectivity index (χ0v) is 17.1. The highest BCUT2D eigenvalue weighted by Gasteiger charge is 2.14. The number of benzene rings is 2. The highest BCUT2D eigenvalue weighted by atomic mass is 32.2. The van der Waals surface area contributed by atoms with Crippen LogP contribution in [0.3, 0.4) is 0 Å². The van der Waals surface area contributed by atoms with Crippen LogP contribution in [0.15, 0.2) is 48.7 Å². The number of rotatable bonds is 8. The first-order valence-electron chi connectivity index (χ1n) is 8.82. The Morgan fingerprint density at radius 3 is 2.65 bits per heavy atom. The van der Waals surface area contributed by atoms with Gasteiger partial charge in [-0.1, -0.05) is 12.1 Å². The lowest BCUT2D eigenvalue weighted by Crippen LogP contribution is -2.17. The van der Waals surface area contributed by atoms with Gasteiger partial charge in [0.05, 0.1) is 17.5 Å². The quantitative estimate of drug-likeness (QED) is 0.299. The van der Waals surface area contributed by atoms with Gasteiger partial charge in [-0.05, 0) is 35.9 Å². The van der Waals surface area contributed by atoms with E-state index in [0.717, 1.165) is 6.26 Å². The van der Waals surface area contributed by atoms with Crippen molar-refractivity contribution in [3.8, 4) is 5.75 Å². The molecule has 10 nitrogen and oxygen atoms in total. The lowest BCUT2D eigenvalue weighted by atomic mass is 10.2. The lowest BCUT2D eigenvalue weighted by molar-refractivity contribution is 0.100. The Bertz CT molecular complexity index is 1240. The third-order valence-corrected chi connectivity index (χ3v) is 4.39. The summed E-state index contributed by atoms with van der Waals surface area (Å²) >= 11 is 0. The molecule has 31 heavy (non-hydrogen) atoms. The number of primary amides is 1.